The number of unbranched alkanes of at least 4 members (excludes halogenated alkanes) is 17. The first-order valence-corrected chi connectivity index (χ1v) is 15.3. The standard InChI is InChI=1S/C31H62O2/c1-5-7-8-9-20-23-27-30(25-6-2)31(32)33-28-24-21-18-16-14-12-10-11-13-15-17-19-22-26-29(3)4/h29-30H,5-28H2,1-4H3. The highest BCUT2D eigenvalue weighted by atomic mass is 16.5. The zero-order valence-corrected chi connectivity index (χ0v) is 23.4. The third-order valence-corrected chi connectivity index (χ3v) is 7.05. The molecule has 0 fully saturated rings. The molecule has 0 aromatic carbocycles. The van der Waals surface area contributed by atoms with Crippen LogP contribution in [0, 0.1) is 11.8 Å². The Morgan fingerprint density at radius 1 is 0.515 bits per heavy atom. The molecule has 2 nitrogen and oxygen atoms in total. The van der Waals surface area contributed by atoms with Gasteiger partial charge in [0.15, 0.2) is 0 Å². The molecule has 0 aliphatic carbocycles. The fourth-order valence-corrected chi connectivity index (χ4v) is 4.79. The zero-order chi connectivity index (χ0) is 24.4. The first kappa shape index (κ1) is 32.5. The minimum Gasteiger partial charge on any atom is -0.465 e. The van der Waals surface area contributed by atoms with E-state index in [4.69, 9.17) is 4.74 Å². The average Bonchev–Trinajstić information content (AvgIpc) is 2.79. The van der Waals surface area contributed by atoms with E-state index in [1.165, 1.54) is 122 Å². The van der Waals surface area contributed by atoms with Crippen molar-refractivity contribution >= 4 is 5.97 Å². The smallest absolute Gasteiger partial charge is 0.308 e. The van der Waals surface area contributed by atoms with Crippen molar-refractivity contribution in [1.29, 1.82) is 0 Å². The SMILES string of the molecule is CCCCCCCCC(CCC)C(=O)OCCCCCCCCCCCCCCCC(C)C. The summed E-state index contributed by atoms with van der Waals surface area (Å²) in [5, 5.41) is 0. The van der Waals surface area contributed by atoms with Crippen molar-refractivity contribution < 1.29 is 9.53 Å². The lowest BCUT2D eigenvalue weighted by atomic mass is 9.96. The summed E-state index contributed by atoms with van der Waals surface area (Å²) in [7, 11) is 0. The third-order valence-electron chi connectivity index (χ3n) is 7.05. The fraction of sp³-hybridized carbons (Fsp3) is 0.968. The van der Waals surface area contributed by atoms with Crippen LogP contribution in [0.3, 0.4) is 0 Å². The van der Waals surface area contributed by atoms with Gasteiger partial charge in [-0.05, 0) is 25.2 Å². The minimum absolute atomic E-state index is 0.0744. The quantitative estimate of drug-likeness (QED) is 0.0935. The molecule has 1 unspecified atom stereocenters. The van der Waals surface area contributed by atoms with E-state index >= 15 is 0 Å². The Morgan fingerprint density at radius 3 is 1.39 bits per heavy atom. The van der Waals surface area contributed by atoms with E-state index in [0.717, 1.165) is 31.6 Å². The van der Waals surface area contributed by atoms with Gasteiger partial charge in [0.05, 0.1) is 12.5 Å². The van der Waals surface area contributed by atoms with Crippen LogP contribution < -0.4 is 0 Å². The fourth-order valence-electron chi connectivity index (χ4n) is 4.79. The summed E-state index contributed by atoms with van der Waals surface area (Å²) in [6, 6.07) is 0. The van der Waals surface area contributed by atoms with Gasteiger partial charge < -0.3 is 4.74 Å². The molecule has 0 aliphatic heterocycles. The first-order chi connectivity index (χ1) is 16.1. The number of ether oxygens (including phenoxy) is 1. The van der Waals surface area contributed by atoms with Crippen molar-refractivity contribution in [2.45, 2.75) is 175 Å². The van der Waals surface area contributed by atoms with Crippen molar-refractivity contribution in [1.82, 2.24) is 0 Å². The lowest BCUT2D eigenvalue weighted by Gasteiger charge is -2.15. The normalized spacial score (nSPS) is 12.4. The monoisotopic (exact) mass is 466 g/mol. The molecule has 0 N–H and O–H groups in total. The van der Waals surface area contributed by atoms with Crippen molar-refractivity contribution in [3.05, 3.63) is 0 Å². The van der Waals surface area contributed by atoms with Gasteiger partial charge in [0.1, 0.15) is 0 Å². The highest BCUT2D eigenvalue weighted by molar-refractivity contribution is 5.72. The van der Waals surface area contributed by atoms with Gasteiger partial charge in [-0.3, -0.25) is 4.79 Å². The van der Waals surface area contributed by atoms with Gasteiger partial charge in [0.25, 0.3) is 0 Å². The van der Waals surface area contributed by atoms with Crippen molar-refractivity contribution in [3.63, 3.8) is 0 Å². The van der Waals surface area contributed by atoms with E-state index in [2.05, 4.69) is 27.7 Å². The number of rotatable bonds is 26. The van der Waals surface area contributed by atoms with Crippen LogP contribution in [0.25, 0.3) is 0 Å². The Labute approximate surface area is 209 Å². The summed E-state index contributed by atoms with van der Waals surface area (Å²) in [6.07, 6.45) is 30.0. The van der Waals surface area contributed by atoms with Crippen molar-refractivity contribution in [2.75, 3.05) is 6.61 Å². The van der Waals surface area contributed by atoms with Crippen LogP contribution >= 0.6 is 0 Å². The van der Waals surface area contributed by atoms with Gasteiger partial charge in [-0.1, -0.05) is 156 Å². The molecule has 0 amide bonds. The largest absolute Gasteiger partial charge is 0.465 e. The maximum Gasteiger partial charge on any atom is 0.308 e. The molecule has 0 spiro atoms. The predicted octanol–water partition coefficient (Wildman–Crippen LogP) is 10.8. The molecule has 0 aliphatic rings. The number of hydrogen-bond donors (Lipinski definition) is 0. The Balaban J connectivity index is 3.46. The van der Waals surface area contributed by atoms with E-state index < -0.39 is 0 Å². The van der Waals surface area contributed by atoms with E-state index in [1.54, 1.807) is 0 Å². The molecule has 0 heterocycles. The summed E-state index contributed by atoms with van der Waals surface area (Å²) >= 11 is 0. The lowest BCUT2D eigenvalue weighted by Crippen LogP contribution is -2.18. The summed E-state index contributed by atoms with van der Waals surface area (Å²) in [5.74, 6) is 1.09. The summed E-state index contributed by atoms with van der Waals surface area (Å²) in [4.78, 5) is 12.4. The van der Waals surface area contributed by atoms with Crippen LogP contribution in [0.4, 0.5) is 0 Å². The zero-order valence-electron chi connectivity index (χ0n) is 23.4. The van der Waals surface area contributed by atoms with E-state index in [0.29, 0.717) is 6.61 Å². The van der Waals surface area contributed by atoms with E-state index in [-0.39, 0.29) is 11.9 Å². The Bertz CT molecular complexity index is 390. The maximum absolute atomic E-state index is 12.4. The van der Waals surface area contributed by atoms with Gasteiger partial charge in [-0.25, -0.2) is 0 Å². The van der Waals surface area contributed by atoms with Gasteiger partial charge in [-0.15, -0.1) is 0 Å². The molecule has 33 heavy (non-hydrogen) atoms. The molecule has 198 valence electrons. The van der Waals surface area contributed by atoms with Crippen LogP contribution in [0.2, 0.25) is 0 Å². The Kier molecular flexibility index (Phi) is 25.7. The van der Waals surface area contributed by atoms with Crippen LogP contribution in [0.5, 0.6) is 0 Å². The molecule has 0 rings (SSSR count). The van der Waals surface area contributed by atoms with Gasteiger partial charge in [0, 0.05) is 0 Å². The molecule has 0 aromatic heterocycles. The third kappa shape index (κ3) is 24.4. The predicted molar refractivity (Wildman–Crippen MR) is 147 cm³/mol. The number of carbonyl (C=O) groups excluding carboxylic acids is 1. The molecular weight excluding hydrogens is 404 g/mol. The second kappa shape index (κ2) is 26.1. The second-order valence-electron chi connectivity index (χ2n) is 11.0. The van der Waals surface area contributed by atoms with Gasteiger partial charge in [0.2, 0.25) is 0 Å². The molecule has 0 saturated heterocycles. The average molecular weight is 467 g/mol. The molecular formula is C31H62O2. The molecule has 0 aromatic rings. The van der Waals surface area contributed by atoms with Gasteiger partial charge in [-0.2, -0.15) is 0 Å². The van der Waals surface area contributed by atoms with E-state index in [9.17, 15) is 4.79 Å². The number of esters is 1. The van der Waals surface area contributed by atoms with Crippen molar-refractivity contribution in [2.24, 2.45) is 11.8 Å². The lowest BCUT2D eigenvalue weighted by molar-refractivity contribution is -0.149. The van der Waals surface area contributed by atoms with Gasteiger partial charge >= 0.3 is 5.97 Å². The Hall–Kier alpha value is -0.530. The molecule has 0 radical (unpaired) electrons. The molecule has 0 saturated carbocycles. The van der Waals surface area contributed by atoms with Crippen LogP contribution in [-0.4, -0.2) is 12.6 Å². The van der Waals surface area contributed by atoms with Crippen LogP contribution in [-0.2, 0) is 9.53 Å². The molecule has 1 atom stereocenters. The van der Waals surface area contributed by atoms with Crippen LogP contribution in [0.1, 0.15) is 175 Å². The summed E-state index contributed by atoms with van der Waals surface area (Å²) < 4.78 is 5.63. The topological polar surface area (TPSA) is 26.3 Å². The van der Waals surface area contributed by atoms with Crippen LogP contribution in [0.15, 0.2) is 0 Å². The highest BCUT2D eigenvalue weighted by Crippen LogP contribution is 2.19. The van der Waals surface area contributed by atoms with Crippen molar-refractivity contribution in [3.8, 4) is 0 Å². The van der Waals surface area contributed by atoms with E-state index in [1.807, 2.05) is 0 Å². The summed E-state index contributed by atoms with van der Waals surface area (Å²) in [5.41, 5.74) is 0. The molecule has 0 bridgehead atoms. The number of hydrogen-bond acceptors (Lipinski definition) is 2. The highest BCUT2D eigenvalue weighted by Gasteiger charge is 2.18. The maximum atomic E-state index is 12.4. The second-order valence-corrected chi connectivity index (χ2v) is 11.0. The first-order valence-electron chi connectivity index (χ1n) is 15.3. The molecule has 2 heteroatoms. The Morgan fingerprint density at radius 2 is 0.939 bits per heavy atom. The number of carbonyl (C=O) groups is 1. The minimum atomic E-state index is 0.0744. The summed E-state index contributed by atoms with van der Waals surface area (Å²) in [6.45, 7) is 9.72.